The summed E-state index contributed by atoms with van der Waals surface area (Å²) in [5.41, 5.74) is 0.917. The number of hydrogen-bond acceptors (Lipinski definition) is 2. The topological polar surface area (TPSA) is 18.5 Å². The van der Waals surface area contributed by atoms with Crippen molar-refractivity contribution in [2.75, 3.05) is 6.61 Å². The molecule has 13 heavy (non-hydrogen) atoms. The summed E-state index contributed by atoms with van der Waals surface area (Å²) in [7, 11) is 0. The summed E-state index contributed by atoms with van der Waals surface area (Å²) in [5.74, 6) is 0. The van der Waals surface area contributed by atoms with E-state index in [1.165, 1.54) is 5.56 Å². The fourth-order valence-electron chi connectivity index (χ4n) is 1.65. The van der Waals surface area contributed by atoms with Crippen molar-refractivity contribution in [1.29, 1.82) is 0 Å². The monoisotopic (exact) mass is 178 g/mol. The molecule has 0 bridgehead atoms. The lowest BCUT2D eigenvalue weighted by molar-refractivity contribution is -0.0728. The molecule has 1 aliphatic heterocycles. The molecule has 0 saturated carbocycles. The fraction of sp³-hybridized carbons (Fsp3) is 0.455. The van der Waals surface area contributed by atoms with Crippen molar-refractivity contribution in [3.05, 3.63) is 35.9 Å². The van der Waals surface area contributed by atoms with Gasteiger partial charge in [0.1, 0.15) is 5.60 Å². The molecule has 1 aromatic rings. The maximum Gasteiger partial charge on any atom is 0.156 e. The predicted molar refractivity (Wildman–Crippen MR) is 50.3 cm³/mol. The van der Waals surface area contributed by atoms with Crippen molar-refractivity contribution in [2.24, 2.45) is 0 Å². The lowest BCUT2D eigenvalue weighted by atomic mass is 9.97. The molecule has 0 amide bonds. The Morgan fingerprint density at radius 1 is 1.31 bits per heavy atom. The van der Waals surface area contributed by atoms with Crippen LogP contribution in [-0.2, 0) is 15.1 Å². The van der Waals surface area contributed by atoms with Gasteiger partial charge in [0, 0.05) is 0 Å². The Hall–Kier alpha value is -0.860. The molecule has 2 atom stereocenters. The van der Waals surface area contributed by atoms with Crippen LogP contribution in [0.3, 0.4) is 0 Å². The summed E-state index contributed by atoms with van der Waals surface area (Å²) in [4.78, 5) is 0. The third kappa shape index (κ3) is 1.60. The van der Waals surface area contributed by atoms with E-state index in [1.807, 2.05) is 25.1 Å². The van der Waals surface area contributed by atoms with Crippen molar-refractivity contribution in [3.63, 3.8) is 0 Å². The van der Waals surface area contributed by atoms with Gasteiger partial charge in [-0.15, -0.1) is 0 Å². The van der Waals surface area contributed by atoms with E-state index >= 15 is 0 Å². The van der Waals surface area contributed by atoms with Crippen LogP contribution in [0.2, 0.25) is 0 Å². The number of benzene rings is 1. The lowest BCUT2D eigenvalue weighted by Gasteiger charge is -2.21. The molecule has 2 unspecified atom stereocenters. The Labute approximate surface area is 78.5 Å². The minimum absolute atomic E-state index is 0.0924. The van der Waals surface area contributed by atoms with Crippen molar-refractivity contribution < 1.29 is 9.47 Å². The molecule has 0 spiro atoms. The zero-order valence-corrected chi connectivity index (χ0v) is 7.99. The Morgan fingerprint density at radius 3 is 2.54 bits per heavy atom. The zero-order chi connectivity index (χ0) is 9.31. The number of rotatable bonds is 1. The highest BCUT2D eigenvalue weighted by Crippen LogP contribution is 2.32. The van der Waals surface area contributed by atoms with Crippen LogP contribution in [-0.4, -0.2) is 12.9 Å². The molecule has 1 fully saturated rings. The molecule has 70 valence electrons. The van der Waals surface area contributed by atoms with Crippen LogP contribution < -0.4 is 0 Å². The van der Waals surface area contributed by atoms with Crippen LogP contribution in [0.5, 0.6) is 0 Å². The second-order valence-electron chi connectivity index (χ2n) is 3.59. The normalized spacial score (nSPS) is 33.5. The third-order valence-electron chi connectivity index (χ3n) is 2.40. The van der Waals surface area contributed by atoms with Crippen molar-refractivity contribution in [3.8, 4) is 0 Å². The first kappa shape index (κ1) is 8.73. The third-order valence-corrected chi connectivity index (χ3v) is 2.40. The highest BCUT2D eigenvalue weighted by Gasteiger charge is 2.36. The molecule has 0 aliphatic carbocycles. The average molecular weight is 178 g/mol. The van der Waals surface area contributed by atoms with Gasteiger partial charge in [0.15, 0.2) is 6.29 Å². The summed E-state index contributed by atoms with van der Waals surface area (Å²) in [5, 5.41) is 0. The molecule has 2 heteroatoms. The quantitative estimate of drug-likeness (QED) is 0.657. The van der Waals surface area contributed by atoms with Gasteiger partial charge in [-0.25, -0.2) is 0 Å². The van der Waals surface area contributed by atoms with Crippen LogP contribution in [0.15, 0.2) is 30.3 Å². The van der Waals surface area contributed by atoms with Crippen LogP contribution in [0.1, 0.15) is 19.4 Å². The maximum absolute atomic E-state index is 5.71. The molecule has 1 heterocycles. The molecular formula is C11H14O2. The van der Waals surface area contributed by atoms with Gasteiger partial charge in [-0.2, -0.15) is 0 Å². The van der Waals surface area contributed by atoms with Gasteiger partial charge in [0.25, 0.3) is 0 Å². The van der Waals surface area contributed by atoms with Crippen LogP contribution >= 0.6 is 0 Å². The molecular weight excluding hydrogens is 164 g/mol. The molecule has 0 aromatic heterocycles. The minimum atomic E-state index is -0.263. The van der Waals surface area contributed by atoms with Gasteiger partial charge in [-0.1, -0.05) is 30.3 Å². The zero-order valence-electron chi connectivity index (χ0n) is 7.99. The van der Waals surface area contributed by atoms with E-state index in [2.05, 4.69) is 19.1 Å². The van der Waals surface area contributed by atoms with Gasteiger partial charge in [0.2, 0.25) is 0 Å². The first-order valence-electron chi connectivity index (χ1n) is 4.56. The summed E-state index contributed by atoms with van der Waals surface area (Å²) in [6, 6.07) is 10.2. The lowest BCUT2D eigenvalue weighted by Crippen LogP contribution is -2.24. The summed E-state index contributed by atoms with van der Waals surface area (Å²) < 4.78 is 11.1. The van der Waals surface area contributed by atoms with Crippen LogP contribution in [0.25, 0.3) is 0 Å². The number of ether oxygens (including phenoxy) is 2. The molecule has 2 nitrogen and oxygen atoms in total. The molecule has 0 radical (unpaired) electrons. The Balaban J connectivity index is 2.26. The molecule has 2 rings (SSSR count). The Morgan fingerprint density at radius 2 is 2.00 bits per heavy atom. The summed E-state index contributed by atoms with van der Waals surface area (Å²) in [6.07, 6.45) is -0.0924. The second-order valence-corrected chi connectivity index (χ2v) is 3.59. The smallest absolute Gasteiger partial charge is 0.156 e. The standard InChI is InChI=1S/C11H14O2/c1-9-12-8-11(2,13-9)10-6-4-3-5-7-10/h3-7,9H,8H2,1-2H3. The van der Waals surface area contributed by atoms with Gasteiger partial charge >= 0.3 is 0 Å². The van der Waals surface area contributed by atoms with E-state index in [0.717, 1.165) is 0 Å². The van der Waals surface area contributed by atoms with E-state index in [-0.39, 0.29) is 11.9 Å². The largest absolute Gasteiger partial charge is 0.350 e. The molecule has 0 N–H and O–H groups in total. The van der Waals surface area contributed by atoms with Gasteiger partial charge in [-0.3, -0.25) is 0 Å². The highest BCUT2D eigenvalue weighted by atomic mass is 16.7. The van der Waals surface area contributed by atoms with E-state index in [1.54, 1.807) is 0 Å². The molecule has 1 aliphatic rings. The summed E-state index contributed by atoms with van der Waals surface area (Å²) in [6.45, 7) is 4.62. The maximum atomic E-state index is 5.71. The Bertz CT molecular complexity index is 283. The van der Waals surface area contributed by atoms with Gasteiger partial charge in [-0.05, 0) is 19.4 Å². The van der Waals surface area contributed by atoms with Crippen molar-refractivity contribution in [1.82, 2.24) is 0 Å². The van der Waals surface area contributed by atoms with Crippen LogP contribution in [0, 0.1) is 0 Å². The van der Waals surface area contributed by atoms with E-state index < -0.39 is 0 Å². The van der Waals surface area contributed by atoms with Gasteiger partial charge < -0.3 is 9.47 Å². The number of hydrogen-bond donors (Lipinski definition) is 0. The minimum Gasteiger partial charge on any atom is -0.350 e. The SMILES string of the molecule is CC1OCC(C)(c2ccccc2)O1. The van der Waals surface area contributed by atoms with Crippen molar-refractivity contribution in [2.45, 2.75) is 25.7 Å². The first-order valence-corrected chi connectivity index (χ1v) is 4.56. The second kappa shape index (κ2) is 3.13. The fourth-order valence-corrected chi connectivity index (χ4v) is 1.65. The average Bonchev–Trinajstić information content (AvgIpc) is 2.49. The van der Waals surface area contributed by atoms with Crippen LogP contribution in [0.4, 0.5) is 0 Å². The van der Waals surface area contributed by atoms with Gasteiger partial charge in [0.05, 0.1) is 6.61 Å². The summed E-state index contributed by atoms with van der Waals surface area (Å²) >= 11 is 0. The Kier molecular flexibility index (Phi) is 2.10. The van der Waals surface area contributed by atoms with Crippen molar-refractivity contribution >= 4 is 0 Å². The molecule has 1 saturated heterocycles. The van der Waals surface area contributed by atoms with E-state index in [0.29, 0.717) is 6.61 Å². The molecule has 1 aromatic carbocycles. The van der Waals surface area contributed by atoms with E-state index in [4.69, 9.17) is 9.47 Å². The van der Waals surface area contributed by atoms with E-state index in [9.17, 15) is 0 Å². The first-order chi connectivity index (χ1) is 6.21. The predicted octanol–water partition coefficient (Wildman–Crippen LogP) is 2.29. The highest BCUT2D eigenvalue weighted by molar-refractivity contribution is 5.22.